The highest BCUT2D eigenvalue weighted by Crippen LogP contribution is 2.22. The van der Waals surface area contributed by atoms with Crippen LogP contribution in [0.5, 0.6) is 0 Å². The lowest BCUT2D eigenvalue weighted by molar-refractivity contribution is 0.623. The van der Waals surface area contributed by atoms with Gasteiger partial charge in [-0.05, 0) is 36.4 Å². The summed E-state index contributed by atoms with van der Waals surface area (Å²) in [4.78, 5) is 2.14. The van der Waals surface area contributed by atoms with E-state index in [1.165, 1.54) is 11.6 Å². The molecule has 19 heavy (non-hydrogen) atoms. The molecule has 0 saturated heterocycles. The van der Waals surface area contributed by atoms with E-state index >= 15 is 0 Å². The van der Waals surface area contributed by atoms with E-state index < -0.39 is 0 Å². The molecule has 2 aromatic carbocycles. The average Bonchev–Trinajstić information content (AvgIpc) is 2.40. The summed E-state index contributed by atoms with van der Waals surface area (Å²) in [5.74, 6) is -0.192. The van der Waals surface area contributed by atoms with Gasteiger partial charge in [-0.15, -0.1) is 0 Å². The molecule has 1 N–H and O–H groups in total. The lowest BCUT2D eigenvalue weighted by Gasteiger charge is -2.22. The van der Waals surface area contributed by atoms with Crippen molar-refractivity contribution in [3.63, 3.8) is 0 Å². The van der Waals surface area contributed by atoms with Gasteiger partial charge in [0.15, 0.2) is 0 Å². The van der Waals surface area contributed by atoms with Gasteiger partial charge < -0.3 is 10.2 Å². The Kier molecular flexibility index (Phi) is 4.53. The molecule has 3 heteroatoms. The van der Waals surface area contributed by atoms with Crippen LogP contribution in [-0.2, 0) is 13.1 Å². The summed E-state index contributed by atoms with van der Waals surface area (Å²) in [7, 11) is 3.89. The van der Waals surface area contributed by atoms with Crippen molar-refractivity contribution in [3.05, 3.63) is 65.5 Å². The summed E-state index contributed by atoms with van der Waals surface area (Å²) >= 11 is 0. The first-order chi connectivity index (χ1) is 9.20. The largest absolute Gasteiger partial charge is 0.370 e. The molecule has 0 heterocycles. The Bertz CT molecular complexity index is 526. The second-order valence-corrected chi connectivity index (χ2v) is 4.65. The Morgan fingerprint density at radius 2 is 1.84 bits per heavy atom. The summed E-state index contributed by atoms with van der Waals surface area (Å²) in [6.45, 7) is 1.47. The zero-order valence-corrected chi connectivity index (χ0v) is 11.4. The van der Waals surface area contributed by atoms with Gasteiger partial charge in [-0.1, -0.05) is 30.3 Å². The van der Waals surface area contributed by atoms with Crippen LogP contribution in [0.3, 0.4) is 0 Å². The minimum absolute atomic E-state index is 0.192. The molecule has 0 fully saturated rings. The zero-order chi connectivity index (χ0) is 13.7. The van der Waals surface area contributed by atoms with Crippen molar-refractivity contribution in [1.82, 2.24) is 5.32 Å². The van der Waals surface area contributed by atoms with Gasteiger partial charge in [0.2, 0.25) is 0 Å². The van der Waals surface area contributed by atoms with E-state index in [1.54, 1.807) is 6.07 Å². The van der Waals surface area contributed by atoms with Crippen LogP contribution < -0.4 is 10.2 Å². The van der Waals surface area contributed by atoms with Crippen molar-refractivity contribution in [2.75, 3.05) is 19.0 Å². The second kappa shape index (κ2) is 6.34. The van der Waals surface area contributed by atoms with Crippen molar-refractivity contribution < 1.29 is 4.39 Å². The number of nitrogens with zero attached hydrogens (tertiary/aromatic N) is 1. The van der Waals surface area contributed by atoms with E-state index in [2.05, 4.69) is 22.3 Å². The Morgan fingerprint density at radius 3 is 2.53 bits per heavy atom. The molecule has 0 aliphatic rings. The predicted molar refractivity (Wildman–Crippen MR) is 77.7 cm³/mol. The Morgan fingerprint density at radius 1 is 1.11 bits per heavy atom. The zero-order valence-electron chi connectivity index (χ0n) is 11.4. The van der Waals surface area contributed by atoms with Crippen LogP contribution in [0, 0.1) is 5.82 Å². The monoisotopic (exact) mass is 258 g/mol. The fourth-order valence-corrected chi connectivity index (χ4v) is 2.20. The summed E-state index contributed by atoms with van der Waals surface area (Å²) in [5.41, 5.74) is 3.27. The fraction of sp³-hybridized carbons (Fsp3) is 0.250. The van der Waals surface area contributed by atoms with E-state index in [1.807, 2.05) is 38.4 Å². The molecule has 2 aromatic rings. The Balaban J connectivity index is 2.20. The molecule has 2 rings (SSSR count). The molecule has 0 spiro atoms. The first kappa shape index (κ1) is 13.6. The van der Waals surface area contributed by atoms with Crippen molar-refractivity contribution >= 4 is 5.69 Å². The van der Waals surface area contributed by atoms with Crippen LogP contribution in [0.4, 0.5) is 10.1 Å². The first-order valence-corrected chi connectivity index (χ1v) is 6.39. The molecule has 0 saturated carbocycles. The van der Waals surface area contributed by atoms with Gasteiger partial charge in [0.25, 0.3) is 0 Å². The predicted octanol–water partition coefficient (Wildman–Crippen LogP) is 3.18. The lowest BCUT2D eigenvalue weighted by atomic mass is 10.1. The summed E-state index contributed by atoms with van der Waals surface area (Å²) in [5, 5.41) is 3.08. The number of nitrogens with one attached hydrogen (secondary N) is 1. The van der Waals surface area contributed by atoms with Crippen molar-refractivity contribution in [3.8, 4) is 0 Å². The molecule has 0 aromatic heterocycles. The maximum Gasteiger partial charge on any atom is 0.123 e. The number of benzene rings is 2. The van der Waals surface area contributed by atoms with Gasteiger partial charge in [0.05, 0.1) is 0 Å². The Hall–Kier alpha value is -1.87. The third-order valence-electron chi connectivity index (χ3n) is 3.08. The second-order valence-electron chi connectivity index (χ2n) is 4.65. The smallest absolute Gasteiger partial charge is 0.123 e. The molecule has 0 aliphatic carbocycles. The van der Waals surface area contributed by atoms with Crippen LogP contribution in [0.15, 0.2) is 48.5 Å². The maximum absolute atomic E-state index is 13.3. The highest BCUT2D eigenvalue weighted by molar-refractivity contribution is 5.53. The summed E-state index contributed by atoms with van der Waals surface area (Å²) in [6.07, 6.45) is 0. The topological polar surface area (TPSA) is 15.3 Å². The molecule has 0 bridgehead atoms. The minimum atomic E-state index is -0.192. The van der Waals surface area contributed by atoms with Gasteiger partial charge in [-0.2, -0.15) is 0 Å². The van der Waals surface area contributed by atoms with Crippen molar-refractivity contribution in [1.29, 1.82) is 0 Å². The van der Waals surface area contributed by atoms with Gasteiger partial charge in [-0.3, -0.25) is 0 Å². The molecule has 0 amide bonds. The van der Waals surface area contributed by atoms with E-state index in [0.717, 1.165) is 17.8 Å². The van der Waals surface area contributed by atoms with E-state index in [9.17, 15) is 4.39 Å². The van der Waals surface area contributed by atoms with E-state index in [-0.39, 0.29) is 5.82 Å². The maximum atomic E-state index is 13.3. The van der Waals surface area contributed by atoms with Gasteiger partial charge in [0.1, 0.15) is 5.82 Å². The molecule has 0 aliphatic heterocycles. The van der Waals surface area contributed by atoms with E-state index in [0.29, 0.717) is 6.54 Å². The van der Waals surface area contributed by atoms with Gasteiger partial charge in [-0.25, -0.2) is 4.39 Å². The number of rotatable bonds is 5. The number of hydrogen-bond donors (Lipinski definition) is 1. The van der Waals surface area contributed by atoms with E-state index in [4.69, 9.17) is 0 Å². The van der Waals surface area contributed by atoms with Crippen LogP contribution in [-0.4, -0.2) is 14.1 Å². The summed E-state index contributed by atoms with van der Waals surface area (Å²) < 4.78 is 13.3. The van der Waals surface area contributed by atoms with Crippen LogP contribution in [0.2, 0.25) is 0 Å². The quantitative estimate of drug-likeness (QED) is 0.886. The minimum Gasteiger partial charge on any atom is -0.370 e. The van der Waals surface area contributed by atoms with Crippen LogP contribution in [0.25, 0.3) is 0 Å². The number of anilines is 1. The number of halogens is 1. The SMILES string of the molecule is CNCc1cc(F)ccc1N(C)Cc1ccccc1. The molecule has 0 unspecified atom stereocenters. The molecule has 2 nitrogen and oxygen atoms in total. The molecular weight excluding hydrogens is 239 g/mol. The normalized spacial score (nSPS) is 10.5. The molecule has 0 radical (unpaired) electrons. The first-order valence-electron chi connectivity index (χ1n) is 6.39. The van der Waals surface area contributed by atoms with Crippen LogP contribution >= 0.6 is 0 Å². The third-order valence-corrected chi connectivity index (χ3v) is 3.08. The van der Waals surface area contributed by atoms with Crippen molar-refractivity contribution in [2.24, 2.45) is 0 Å². The standard InChI is InChI=1S/C16H19FN2/c1-18-11-14-10-15(17)8-9-16(14)19(2)12-13-6-4-3-5-7-13/h3-10,18H,11-12H2,1-2H3. The van der Waals surface area contributed by atoms with Crippen LogP contribution in [0.1, 0.15) is 11.1 Å². The molecule has 0 atom stereocenters. The molecule has 100 valence electrons. The highest BCUT2D eigenvalue weighted by atomic mass is 19.1. The average molecular weight is 258 g/mol. The number of hydrogen-bond acceptors (Lipinski definition) is 2. The van der Waals surface area contributed by atoms with Crippen molar-refractivity contribution in [2.45, 2.75) is 13.1 Å². The van der Waals surface area contributed by atoms with Gasteiger partial charge >= 0.3 is 0 Å². The highest BCUT2D eigenvalue weighted by Gasteiger charge is 2.08. The van der Waals surface area contributed by atoms with Gasteiger partial charge in [0, 0.05) is 25.8 Å². The Labute approximate surface area is 113 Å². The third kappa shape index (κ3) is 3.55. The summed E-state index contributed by atoms with van der Waals surface area (Å²) in [6, 6.07) is 15.2. The fourth-order valence-electron chi connectivity index (χ4n) is 2.20. The molecular formula is C16H19FN2. The lowest BCUT2D eigenvalue weighted by Crippen LogP contribution is -2.19.